The Morgan fingerprint density at radius 1 is 1.03 bits per heavy atom. The van der Waals surface area contributed by atoms with Crippen molar-refractivity contribution in [3.05, 3.63) is 47.0 Å². The first kappa shape index (κ1) is 19.7. The van der Waals surface area contributed by atoms with Crippen molar-refractivity contribution < 1.29 is 9.59 Å². The summed E-state index contributed by atoms with van der Waals surface area (Å²) in [5.74, 6) is -0.404. The first-order valence-corrected chi connectivity index (χ1v) is 11.0. The van der Waals surface area contributed by atoms with Crippen molar-refractivity contribution in [2.24, 2.45) is 0 Å². The average molecular weight is 436 g/mol. The highest BCUT2D eigenvalue weighted by atomic mass is 32.2. The quantitative estimate of drug-likeness (QED) is 0.624. The zero-order valence-corrected chi connectivity index (χ0v) is 17.8. The lowest BCUT2D eigenvalue weighted by Crippen LogP contribution is -2.46. The summed E-state index contributed by atoms with van der Waals surface area (Å²) in [6, 6.07) is 11.8. The normalized spacial score (nSPS) is 18.9. The first-order valence-electron chi connectivity index (χ1n) is 10.2. The summed E-state index contributed by atoms with van der Waals surface area (Å²) < 4.78 is 1.68. The van der Waals surface area contributed by atoms with Gasteiger partial charge in [0, 0.05) is 31.9 Å². The Bertz CT molecular complexity index is 1180. The monoisotopic (exact) mass is 435 g/mol. The van der Waals surface area contributed by atoms with Gasteiger partial charge in [0.15, 0.2) is 5.65 Å². The maximum absolute atomic E-state index is 11.8. The van der Waals surface area contributed by atoms with Crippen molar-refractivity contribution in [3.8, 4) is 5.69 Å². The van der Waals surface area contributed by atoms with Crippen LogP contribution in [-0.2, 0) is 4.79 Å². The van der Waals surface area contributed by atoms with E-state index in [0.717, 1.165) is 50.2 Å². The van der Waals surface area contributed by atoms with Crippen LogP contribution in [-0.4, -0.2) is 68.7 Å². The zero-order valence-electron chi connectivity index (χ0n) is 17.0. The molecule has 3 aromatic rings. The summed E-state index contributed by atoms with van der Waals surface area (Å²) in [5, 5.41) is 10.3. The summed E-state index contributed by atoms with van der Waals surface area (Å²) in [7, 11) is 0. The van der Waals surface area contributed by atoms with Gasteiger partial charge in [-0.1, -0.05) is 12.1 Å². The van der Waals surface area contributed by atoms with Crippen molar-refractivity contribution in [2.75, 3.05) is 37.6 Å². The van der Waals surface area contributed by atoms with E-state index in [-0.39, 0.29) is 5.24 Å². The molecule has 2 aliphatic heterocycles. The molecule has 31 heavy (non-hydrogen) atoms. The number of benzene rings is 1. The number of carbonyl (C=O) groups is 2. The van der Waals surface area contributed by atoms with Crippen molar-refractivity contribution in [1.29, 1.82) is 0 Å². The van der Waals surface area contributed by atoms with Crippen LogP contribution in [0.15, 0.2) is 41.3 Å². The molecule has 2 amide bonds. The lowest BCUT2D eigenvalue weighted by Gasteiger charge is -2.35. The van der Waals surface area contributed by atoms with Gasteiger partial charge in [-0.05, 0) is 60.8 Å². The number of anilines is 1. The minimum atomic E-state index is -0.404. The van der Waals surface area contributed by atoms with Crippen LogP contribution in [0.25, 0.3) is 22.9 Å². The number of likely N-dealkylation sites (N-methyl/N-ethyl adjacent to an activating group) is 1. The minimum Gasteiger partial charge on any atom is -0.369 e. The number of carbonyl (C=O) groups excluding carboxylic acids is 2. The SMILES string of the molecule is CCN1CCN(c2ccc(-n3nnc4ccc(/C=C5\SC(=O)NC5=O)nc43)cc2)CC1. The fourth-order valence-corrected chi connectivity index (χ4v) is 4.43. The Hall–Kier alpha value is -3.24. The third kappa shape index (κ3) is 3.91. The Morgan fingerprint density at radius 2 is 1.77 bits per heavy atom. The standard InChI is InChI=1S/C21H21N7O2S/c1-2-26-9-11-27(12-10-26)15-4-6-16(7-5-15)28-19-17(24-25-28)8-3-14(22-19)13-18-20(29)23-21(30)31-18/h3-8,13H,2,9-12H2,1H3,(H,23,29,30)/b18-13-. The predicted octanol–water partition coefficient (Wildman–Crippen LogP) is 2.28. The largest absolute Gasteiger partial charge is 0.369 e. The van der Waals surface area contributed by atoms with E-state index < -0.39 is 5.91 Å². The molecule has 9 nitrogen and oxygen atoms in total. The van der Waals surface area contributed by atoms with E-state index in [9.17, 15) is 9.59 Å². The van der Waals surface area contributed by atoms with E-state index in [1.807, 2.05) is 12.1 Å². The van der Waals surface area contributed by atoms with Crippen LogP contribution < -0.4 is 10.2 Å². The molecule has 4 heterocycles. The lowest BCUT2D eigenvalue weighted by atomic mass is 10.2. The highest BCUT2D eigenvalue weighted by Gasteiger charge is 2.25. The molecule has 2 fully saturated rings. The van der Waals surface area contributed by atoms with E-state index in [2.05, 4.69) is 49.5 Å². The van der Waals surface area contributed by atoms with Gasteiger partial charge in [-0.25, -0.2) is 4.98 Å². The molecular weight excluding hydrogens is 414 g/mol. The number of nitrogens with zero attached hydrogens (tertiary/aromatic N) is 6. The molecule has 0 unspecified atom stereocenters. The molecule has 0 atom stereocenters. The van der Waals surface area contributed by atoms with Gasteiger partial charge in [-0.2, -0.15) is 4.68 Å². The van der Waals surface area contributed by atoms with E-state index in [1.54, 1.807) is 22.9 Å². The first-order chi connectivity index (χ1) is 15.1. The number of rotatable bonds is 4. The Kier molecular flexibility index (Phi) is 5.16. The van der Waals surface area contributed by atoms with Crippen LogP contribution in [0.2, 0.25) is 0 Å². The summed E-state index contributed by atoms with van der Waals surface area (Å²) >= 11 is 0.869. The number of piperazine rings is 1. The molecule has 0 bridgehead atoms. The second-order valence-electron chi connectivity index (χ2n) is 7.37. The molecule has 1 N–H and O–H groups in total. The number of hydrogen-bond acceptors (Lipinski definition) is 8. The highest BCUT2D eigenvalue weighted by molar-refractivity contribution is 8.18. The maximum atomic E-state index is 11.8. The van der Waals surface area contributed by atoms with Gasteiger partial charge in [0.05, 0.1) is 16.3 Å². The number of pyridine rings is 1. The Labute approximate surface area is 183 Å². The van der Waals surface area contributed by atoms with Gasteiger partial charge >= 0.3 is 0 Å². The van der Waals surface area contributed by atoms with Crippen molar-refractivity contribution in [1.82, 2.24) is 30.2 Å². The zero-order chi connectivity index (χ0) is 21.4. The number of thioether (sulfide) groups is 1. The van der Waals surface area contributed by atoms with Crippen molar-refractivity contribution in [2.45, 2.75) is 6.92 Å². The number of aromatic nitrogens is 4. The summed E-state index contributed by atoms with van der Waals surface area (Å²) in [6.45, 7) is 7.49. The molecule has 0 spiro atoms. The second kappa shape index (κ2) is 8.12. The Morgan fingerprint density at radius 3 is 2.45 bits per heavy atom. The van der Waals surface area contributed by atoms with Gasteiger partial charge in [0.25, 0.3) is 11.1 Å². The van der Waals surface area contributed by atoms with E-state index in [1.165, 1.54) is 5.69 Å². The van der Waals surface area contributed by atoms with Crippen molar-refractivity contribution in [3.63, 3.8) is 0 Å². The molecule has 10 heteroatoms. The third-order valence-electron chi connectivity index (χ3n) is 5.52. The summed E-state index contributed by atoms with van der Waals surface area (Å²) in [4.78, 5) is 33.0. The molecule has 0 radical (unpaired) electrons. The molecule has 158 valence electrons. The van der Waals surface area contributed by atoms with E-state index in [4.69, 9.17) is 0 Å². The third-order valence-corrected chi connectivity index (χ3v) is 6.33. The fraction of sp³-hybridized carbons (Fsp3) is 0.286. The number of imide groups is 1. The molecular formula is C21H21N7O2S. The molecule has 5 rings (SSSR count). The van der Waals surface area contributed by atoms with Crippen LogP contribution in [0.1, 0.15) is 12.6 Å². The van der Waals surface area contributed by atoms with Crippen LogP contribution >= 0.6 is 11.8 Å². The van der Waals surface area contributed by atoms with Crippen LogP contribution in [0.4, 0.5) is 10.5 Å². The van der Waals surface area contributed by atoms with E-state index in [0.29, 0.717) is 21.8 Å². The van der Waals surface area contributed by atoms with Crippen LogP contribution in [0.5, 0.6) is 0 Å². The molecule has 2 aliphatic rings. The summed E-state index contributed by atoms with van der Waals surface area (Å²) in [5.41, 5.74) is 3.86. The number of amides is 2. The predicted molar refractivity (Wildman–Crippen MR) is 120 cm³/mol. The van der Waals surface area contributed by atoms with Gasteiger partial charge in [0.2, 0.25) is 0 Å². The van der Waals surface area contributed by atoms with Gasteiger partial charge < -0.3 is 9.80 Å². The highest BCUT2D eigenvalue weighted by Crippen LogP contribution is 2.26. The van der Waals surface area contributed by atoms with Crippen LogP contribution in [0.3, 0.4) is 0 Å². The fourth-order valence-electron chi connectivity index (χ4n) is 3.76. The average Bonchev–Trinajstić information content (AvgIpc) is 3.36. The number of nitrogens with one attached hydrogen (secondary N) is 1. The Balaban J connectivity index is 1.41. The second-order valence-corrected chi connectivity index (χ2v) is 8.38. The molecule has 0 aliphatic carbocycles. The summed E-state index contributed by atoms with van der Waals surface area (Å²) in [6.07, 6.45) is 1.60. The van der Waals surface area contributed by atoms with Gasteiger partial charge in [-0.15, -0.1) is 5.10 Å². The van der Waals surface area contributed by atoms with E-state index >= 15 is 0 Å². The van der Waals surface area contributed by atoms with Gasteiger partial charge in [0.1, 0.15) is 5.52 Å². The smallest absolute Gasteiger partial charge is 0.290 e. The number of hydrogen-bond donors (Lipinski definition) is 1. The van der Waals surface area contributed by atoms with Crippen LogP contribution in [0, 0.1) is 0 Å². The minimum absolute atomic E-state index is 0.323. The molecule has 2 saturated heterocycles. The lowest BCUT2D eigenvalue weighted by molar-refractivity contribution is -0.115. The molecule has 2 aromatic heterocycles. The topological polar surface area (TPSA) is 96.2 Å². The molecule has 1 aromatic carbocycles. The van der Waals surface area contributed by atoms with Crippen molar-refractivity contribution >= 4 is 45.8 Å². The van der Waals surface area contributed by atoms with Gasteiger partial charge in [-0.3, -0.25) is 14.9 Å². The number of fused-ring (bicyclic) bond motifs is 1. The maximum Gasteiger partial charge on any atom is 0.290 e. The molecule has 0 saturated carbocycles.